The van der Waals surface area contributed by atoms with E-state index >= 15 is 0 Å². The van der Waals surface area contributed by atoms with Crippen LogP contribution in [0.25, 0.3) is 0 Å². The van der Waals surface area contributed by atoms with Crippen LogP contribution in [0.3, 0.4) is 0 Å². The largest absolute Gasteiger partial charge is 0.353 e. The van der Waals surface area contributed by atoms with E-state index in [1.807, 2.05) is 6.92 Å². The highest BCUT2D eigenvalue weighted by molar-refractivity contribution is 5.88. The molecule has 0 aliphatic carbocycles. The monoisotopic (exact) mass is 301 g/mol. The van der Waals surface area contributed by atoms with Gasteiger partial charge in [-0.1, -0.05) is 0 Å². The van der Waals surface area contributed by atoms with Gasteiger partial charge in [-0.2, -0.15) is 0 Å². The maximum atomic E-state index is 12.4. The van der Waals surface area contributed by atoms with Crippen molar-refractivity contribution in [3.8, 4) is 0 Å². The third-order valence-electron chi connectivity index (χ3n) is 4.85. The molecule has 6 heteroatoms. The highest BCUT2D eigenvalue weighted by atomic mass is 35.5. The molecule has 3 unspecified atom stereocenters. The smallest absolute Gasteiger partial charge is 0.242 e. The molecular weight excluding hydrogens is 278 g/mol. The summed E-state index contributed by atoms with van der Waals surface area (Å²) in [5.41, 5.74) is 0. The molecule has 2 amide bonds. The number of carbonyl (C=O) groups is 2. The van der Waals surface area contributed by atoms with E-state index in [1.165, 1.54) is 12.8 Å². The van der Waals surface area contributed by atoms with Gasteiger partial charge >= 0.3 is 0 Å². The zero-order valence-electron chi connectivity index (χ0n) is 11.9. The van der Waals surface area contributed by atoms with Gasteiger partial charge in [0.2, 0.25) is 11.8 Å². The molecule has 3 aliphatic heterocycles. The van der Waals surface area contributed by atoms with Crippen molar-refractivity contribution in [3.05, 3.63) is 0 Å². The Morgan fingerprint density at radius 1 is 1.30 bits per heavy atom. The molecule has 3 aliphatic rings. The zero-order chi connectivity index (χ0) is 13.4. The second-order valence-corrected chi connectivity index (χ2v) is 6.23. The summed E-state index contributed by atoms with van der Waals surface area (Å²) in [4.78, 5) is 25.7. The molecule has 0 spiro atoms. The van der Waals surface area contributed by atoms with Crippen molar-refractivity contribution in [1.29, 1.82) is 0 Å². The molecule has 0 saturated carbocycles. The van der Waals surface area contributed by atoms with Gasteiger partial charge in [0.1, 0.15) is 6.04 Å². The summed E-state index contributed by atoms with van der Waals surface area (Å²) in [6, 6.07) is 0.942. The van der Waals surface area contributed by atoms with Crippen LogP contribution >= 0.6 is 12.4 Å². The lowest BCUT2D eigenvalue weighted by Gasteiger charge is -2.35. The summed E-state index contributed by atoms with van der Waals surface area (Å²) in [7, 11) is 0. The van der Waals surface area contributed by atoms with Gasteiger partial charge in [-0.3, -0.25) is 9.59 Å². The molecule has 2 N–H and O–H groups in total. The number of nitrogens with zero attached hydrogens (tertiary/aromatic N) is 1. The van der Waals surface area contributed by atoms with Crippen molar-refractivity contribution in [1.82, 2.24) is 15.5 Å². The van der Waals surface area contributed by atoms with Gasteiger partial charge in [-0.15, -0.1) is 12.4 Å². The Balaban J connectivity index is 0.00000147. The topological polar surface area (TPSA) is 61.4 Å². The predicted octanol–water partition coefficient (Wildman–Crippen LogP) is 0.676. The fourth-order valence-electron chi connectivity index (χ4n) is 3.83. The molecule has 3 atom stereocenters. The van der Waals surface area contributed by atoms with Crippen molar-refractivity contribution >= 4 is 24.2 Å². The quantitative estimate of drug-likeness (QED) is 0.788. The maximum Gasteiger partial charge on any atom is 0.242 e. The number of halogens is 1. The van der Waals surface area contributed by atoms with Crippen molar-refractivity contribution in [2.75, 3.05) is 13.1 Å². The Labute approximate surface area is 126 Å². The van der Waals surface area contributed by atoms with E-state index in [-0.39, 0.29) is 30.3 Å². The summed E-state index contributed by atoms with van der Waals surface area (Å²) < 4.78 is 0. The molecule has 5 nitrogen and oxygen atoms in total. The van der Waals surface area contributed by atoms with Crippen LogP contribution in [0.4, 0.5) is 0 Å². The minimum atomic E-state index is -0.306. The number of fused-ring (bicyclic) bond motifs is 2. The van der Waals surface area contributed by atoms with Gasteiger partial charge in [0.25, 0.3) is 0 Å². The molecule has 3 heterocycles. The lowest BCUT2D eigenvalue weighted by Crippen LogP contribution is -2.56. The van der Waals surface area contributed by atoms with E-state index in [4.69, 9.17) is 0 Å². The number of hydrogen-bond donors (Lipinski definition) is 2. The van der Waals surface area contributed by atoms with E-state index < -0.39 is 0 Å². The SMILES string of the molecule is CC1C(=O)NCCN1C(=O)CC1CC2CCC(C1)N2.Cl. The molecule has 3 fully saturated rings. The highest BCUT2D eigenvalue weighted by Crippen LogP contribution is 2.33. The molecule has 114 valence electrons. The second-order valence-electron chi connectivity index (χ2n) is 6.23. The molecule has 0 aromatic heterocycles. The number of nitrogens with one attached hydrogen (secondary N) is 2. The summed E-state index contributed by atoms with van der Waals surface area (Å²) >= 11 is 0. The van der Waals surface area contributed by atoms with E-state index in [9.17, 15) is 9.59 Å². The molecule has 2 bridgehead atoms. The Bertz CT molecular complexity index is 379. The molecule has 3 saturated heterocycles. The summed E-state index contributed by atoms with van der Waals surface area (Å²) in [6.45, 7) is 3.06. The van der Waals surface area contributed by atoms with Crippen molar-refractivity contribution in [2.24, 2.45) is 5.92 Å². The first kappa shape index (κ1) is 15.6. The fraction of sp³-hybridized carbons (Fsp3) is 0.857. The lowest BCUT2D eigenvalue weighted by atomic mass is 9.89. The Morgan fingerprint density at radius 3 is 2.60 bits per heavy atom. The van der Waals surface area contributed by atoms with Crippen LogP contribution in [0.1, 0.15) is 39.0 Å². The molecule has 0 aromatic carbocycles. The van der Waals surface area contributed by atoms with Crippen molar-refractivity contribution in [3.63, 3.8) is 0 Å². The predicted molar refractivity (Wildman–Crippen MR) is 78.7 cm³/mol. The van der Waals surface area contributed by atoms with Crippen LogP contribution in [0.2, 0.25) is 0 Å². The van der Waals surface area contributed by atoms with Crippen LogP contribution in [-0.4, -0.2) is 47.9 Å². The first-order chi connectivity index (χ1) is 9.13. The molecule has 3 rings (SSSR count). The summed E-state index contributed by atoms with van der Waals surface area (Å²) in [5.74, 6) is 0.641. The van der Waals surface area contributed by atoms with Gasteiger partial charge in [-0.05, 0) is 38.5 Å². The minimum absolute atomic E-state index is 0. The third kappa shape index (κ3) is 3.09. The van der Waals surface area contributed by atoms with Crippen molar-refractivity contribution < 1.29 is 9.59 Å². The van der Waals surface area contributed by atoms with Gasteiger partial charge in [0.15, 0.2) is 0 Å². The Hall–Kier alpha value is -0.810. The minimum Gasteiger partial charge on any atom is -0.353 e. The standard InChI is InChI=1S/C14H23N3O2.ClH/c1-9-14(19)15-4-5-17(9)13(18)8-10-6-11-2-3-12(7-10)16-11;/h9-12,16H,2-8H2,1H3,(H,15,19);1H. The summed E-state index contributed by atoms with van der Waals surface area (Å²) in [6.07, 6.45) is 5.38. The molecule has 0 aromatic rings. The van der Waals surface area contributed by atoms with E-state index in [0.717, 1.165) is 12.8 Å². The van der Waals surface area contributed by atoms with E-state index in [0.29, 0.717) is 37.5 Å². The number of piperazine rings is 1. The first-order valence-electron chi connectivity index (χ1n) is 7.46. The second kappa shape index (κ2) is 6.31. The normalized spacial score (nSPS) is 36.2. The van der Waals surface area contributed by atoms with Gasteiger partial charge < -0.3 is 15.5 Å². The Morgan fingerprint density at radius 2 is 1.95 bits per heavy atom. The molecule has 0 radical (unpaired) electrons. The summed E-state index contributed by atoms with van der Waals surface area (Å²) in [5, 5.41) is 6.40. The number of rotatable bonds is 2. The number of hydrogen-bond acceptors (Lipinski definition) is 3. The van der Waals surface area contributed by atoms with Crippen LogP contribution in [0.5, 0.6) is 0 Å². The van der Waals surface area contributed by atoms with Crippen LogP contribution in [-0.2, 0) is 9.59 Å². The molecular formula is C14H24ClN3O2. The first-order valence-corrected chi connectivity index (χ1v) is 7.46. The van der Waals surface area contributed by atoms with Gasteiger partial charge in [-0.25, -0.2) is 0 Å². The van der Waals surface area contributed by atoms with Crippen LogP contribution < -0.4 is 10.6 Å². The third-order valence-corrected chi connectivity index (χ3v) is 4.85. The lowest BCUT2D eigenvalue weighted by molar-refractivity contribution is -0.143. The van der Waals surface area contributed by atoms with E-state index in [2.05, 4.69) is 10.6 Å². The maximum absolute atomic E-state index is 12.4. The van der Waals surface area contributed by atoms with Gasteiger partial charge in [0, 0.05) is 31.6 Å². The fourth-order valence-corrected chi connectivity index (χ4v) is 3.83. The number of piperidine rings is 1. The van der Waals surface area contributed by atoms with Crippen LogP contribution in [0, 0.1) is 5.92 Å². The average molecular weight is 302 g/mol. The van der Waals surface area contributed by atoms with Gasteiger partial charge in [0.05, 0.1) is 0 Å². The zero-order valence-corrected chi connectivity index (χ0v) is 12.7. The average Bonchev–Trinajstić information content (AvgIpc) is 2.72. The van der Waals surface area contributed by atoms with E-state index in [1.54, 1.807) is 4.90 Å². The Kier molecular flexibility index (Phi) is 4.91. The van der Waals surface area contributed by atoms with Crippen LogP contribution in [0.15, 0.2) is 0 Å². The van der Waals surface area contributed by atoms with Crippen molar-refractivity contribution in [2.45, 2.75) is 57.2 Å². The number of amides is 2. The highest BCUT2D eigenvalue weighted by Gasteiger charge is 2.36. The molecule has 20 heavy (non-hydrogen) atoms. The number of carbonyl (C=O) groups excluding carboxylic acids is 2.